The summed E-state index contributed by atoms with van der Waals surface area (Å²) in [4.78, 5) is 16.2. The number of hydrogen-bond acceptors (Lipinski definition) is 3. The molecule has 5 heteroatoms. The van der Waals surface area contributed by atoms with Crippen LogP contribution >= 0.6 is 11.6 Å². The molecule has 0 bridgehead atoms. The third-order valence-electron chi connectivity index (χ3n) is 2.54. The van der Waals surface area contributed by atoms with Gasteiger partial charge in [-0.25, -0.2) is 4.98 Å². The highest BCUT2D eigenvalue weighted by atomic mass is 35.5. The molecule has 0 saturated carbocycles. The van der Waals surface area contributed by atoms with Gasteiger partial charge in [-0.1, -0.05) is 17.7 Å². The van der Waals surface area contributed by atoms with Crippen molar-refractivity contribution >= 4 is 29.0 Å². The standard InChI is InChI=1S/C15H16ClN3O/c1-10(2)18-14-7-6-13(9-17-14)19-15(20)11-4-3-5-12(16)8-11/h3-10H,1-2H3,(H,17,18)(H,19,20). The van der Waals surface area contributed by atoms with Crippen molar-refractivity contribution in [1.82, 2.24) is 4.98 Å². The van der Waals surface area contributed by atoms with Gasteiger partial charge in [0.2, 0.25) is 0 Å². The van der Waals surface area contributed by atoms with Crippen molar-refractivity contribution in [3.63, 3.8) is 0 Å². The molecule has 0 aliphatic heterocycles. The van der Waals surface area contributed by atoms with Crippen LogP contribution in [0.15, 0.2) is 42.6 Å². The molecule has 0 fully saturated rings. The van der Waals surface area contributed by atoms with Gasteiger partial charge < -0.3 is 10.6 Å². The third-order valence-corrected chi connectivity index (χ3v) is 2.78. The van der Waals surface area contributed by atoms with Crippen molar-refractivity contribution in [2.75, 3.05) is 10.6 Å². The van der Waals surface area contributed by atoms with E-state index in [1.807, 2.05) is 19.9 Å². The molecule has 0 aliphatic carbocycles. The average Bonchev–Trinajstić information content (AvgIpc) is 2.40. The molecular weight excluding hydrogens is 274 g/mol. The maximum Gasteiger partial charge on any atom is 0.255 e. The SMILES string of the molecule is CC(C)Nc1ccc(NC(=O)c2cccc(Cl)c2)cn1. The highest BCUT2D eigenvalue weighted by Gasteiger charge is 2.06. The molecule has 1 heterocycles. The second kappa shape index (κ2) is 6.39. The lowest BCUT2D eigenvalue weighted by Crippen LogP contribution is -2.13. The molecule has 0 saturated heterocycles. The van der Waals surface area contributed by atoms with E-state index in [-0.39, 0.29) is 5.91 Å². The second-order valence-corrected chi connectivity index (χ2v) is 5.13. The van der Waals surface area contributed by atoms with Crippen LogP contribution in [0.4, 0.5) is 11.5 Å². The average molecular weight is 290 g/mol. The molecule has 0 spiro atoms. The number of amides is 1. The Hall–Kier alpha value is -2.07. The van der Waals surface area contributed by atoms with Crippen molar-refractivity contribution in [2.45, 2.75) is 19.9 Å². The molecule has 104 valence electrons. The maximum atomic E-state index is 12.0. The summed E-state index contributed by atoms with van der Waals surface area (Å²) in [6, 6.07) is 10.8. The van der Waals surface area contributed by atoms with Crippen LogP contribution in [-0.2, 0) is 0 Å². The van der Waals surface area contributed by atoms with E-state index < -0.39 is 0 Å². The predicted octanol–water partition coefficient (Wildman–Crippen LogP) is 3.81. The van der Waals surface area contributed by atoms with Crippen LogP contribution in [0, 0.1) is 0 Å². The minimum absolute atomic E-state index is 0.209. The largest absolute Gasteiger partial charge is 0.368 e. The number of hydrogen-bond donors (Lipinski definition) is 2. The highest BCUT2D eigenvalue weighted by Crippen LogP contribution is 2.14. The van der Waals surface area contributed by atoms with Gasteiger partial charge in [0.15, 0.2) is 0 Å². The van der Waals surface area contributed by atoms with Crippen LogP contribution in [-0.4, -0.2) is 16.9 Å². The third kappa shape index (κ3) is 3.96. The summed E-state index contributed by atoms with van der Waals surface area (Å²) in [5, 5.41) is 6.50. The molecule has 0 unspecified atom stereocenters. The fraction of sp³-hybridized carbons (Fsp3) is 0.200. The molecule has 4 nitrogen and oxygen atoms in total. The van der Waals surface area contributed by atoms with E-state index in [2.05, 4.69) is 15.6 Å². The molecule has 20 heavy (non-hydrogen) atoms. The molecule has 0 radical (unpaired) electrons. The van der Waals surface area contributed by atoms with Gasteiger partial charge in [0, 0.05) is 16.6 Å². The Morgan fingerprint density at radius 3 is 2.65 bits per heavy atom. The summed E-state index contributed by atoms with van der Waals surface area (Å²) in [6.07, 6.45) is 1.62. The van der Waals surface area contributed by atoms with E-state index >= 15 is 0 Å². The number of benzene rings is 1. The Kier molecular flexibility index (Phi) is 4.58. The van der Waals surface area contributed by atoms with Crippen LogP contribution in [0.2, 0.25) is 5.02 Å². The van der Waals surface area contributed by atoms with E-state index in [1.54, 1.807) is 36.5 Å². The Bertz CT molecular complexity index is 596. The van der Waals surface area contributed by atoms with Gasteiger partial charge in [0.1, 0.15) is 5.82 Å². The van der Waals surface area contributed by atoms with E-state index in [0.29, 0.717) is 22.3 Å². The van der Waals surface area contributed by atoms with Crippen LogP contribution in [0.3, 0.4) is 0 Å². The second-order valence-electron chi connectivity index (χ2n) is 4.70. The van der Waals surface area contributed by atoms with Crippen molar-refractivity contribution in [3.05, 3.63) is 53.2 Å². The number of halogens is 1. The van der Waals surface area contributed by atoms with E-state index in [4.69, 9.17) is 11.6 Å². The zero-order chi connectivity index (χ0) is 14.5. The lowest BCUT2D eigenvalue weighted by molar-refractivity contribution is 0.102. The van der Waals surface area contributed by atoms with Crippen molar-refractivity contribution < 1.29 is 4.79 Å². The summed E-state index contributed by atoms with van der Waals surface area (Å²) in [7, 11) is 0. The summed E-state index contributed by atoms with van der Waals surface area (Å²) >= 11 is 5.86. The quantitative estimate of drug-likeness (QED) is 0.900. The summed E-state index contributed by atoms with van der Waals surface area (Å²) in [5.74, 6) is 0.569. The first-order valence-corrected chi connectivity index (χ1v) is 6.72. The van der Waals surface area contributed by atoms with Crippen molar-refractivity contribution in [1.29, 1.82) is 0 Å². The fourth-order valence-corrected chi connectivity index (χ4v) is 1.87. The number of nitrogens with one attached hydrogen (secondary N) is 2. The van der Waals surface area contributed by atoms with E-state index in [0.717, 1.165) is 5.82 Å². The highest BCUT2D eigenvalue weighted by molar-refractivity contribution is 6.31. The van der Waals surface area contributed by atoms with Crippen LogP contribution in [0.5, 0.6) is 0 Å². The minimum atomic E-state index is -0.209. The smallest absolute Gasteiger partial charge is 0.255 e. The molecule has 2 N–H and O–H groups in total. The van der Waals surface area contributed by atoms with Crippen LogP contribution in [0.25, 0.3) is 0 Å². The van der Waals surface area contributed by atoms with Gasteiger partial charge in [-0.05, 0) is 44.2 Å². The Labute approximate surface area is 123 Å². The van der Waals surface area contributed by atoms with Crippen LogP contribution < -0.4 is 10.6 Å². The number of pyridine rings is 1. The fourth-order valence-electron chi connectivity index (χ4n) is 1.68. The summed E-state index contributed by atoms with van der Waals surface area (Å²) < 4.78 is 0. The van der Waals surface area contributed by atoms with Crippen LogP contribution in [0.1, 0.15) is 24.2 Å². The van der Waals surface area contributed by atoms with E-state index in [9.17, 15) is 4.79 Å². The number of rotatable bonds is 4. The summed E-state index contributed by atoms with van der Waals surface area (Å²) in [6.45, 7) is 4.08. The molecular formula is C15H16ClN3O. The number of carbonyl (C=O) groups excluding carboxylic acids is 1. The van der Waals surface area contributed by atoms with Gasteiger partial charge in [0.05, 0.1) is 11.9 Å². The number of carbonyl (C=O) groups is 1. The first kappa shape index (κ1) is 14.3. The van der Waals surface area contributed by atoms with Crippen molar-refractivity contribution in [2.24, 2.45) is 0 Å². The summed E-state index contributed by atoms with van der Waals surface area (Å²) in [5.41, 5.74) is 1.16. The molecule has 2 rings (SSSR count). The molecule has 0 aliphatic rings. The van der Waals surface area contributed by atoms with Gasteiger partial charge >= 0.3 is 0 Å². The van der Waals surface area contributed by atoms with Gasteiger partial charge in [-0.3, -0.25) is 4.79 Å². The topological polar surface area (TPSA) is 54.0 Å². The zero-order valence-electron chi connectivity index (χ0n) is 11.4. The molecule has 2 aromatic rings. The lowest BCUT2D eigenvalue weighted by atomic mass is 10.2. The predicted molar refractivity (Wildman–Crippen MR) is 82.4 cm³/mol. The molecule has 1 aromatic heterocycles. The monoisotopic (exact) mass is 289 g/mol. The molecule has 0 atom stereocenters. The lowest BCUT2D eigenvalue weighted by Gasteiger charge is -2.10. The molecule has 1 aromatic carbocycles. The van der Waals surface area contributed by atoms with E-state index in [1.165, 1.54) is 0 Å². The zero-order valence-corrected chi connectivity index (χ0v) is 12.1. The molecule has 1 amide bonds. The normalized spacial score (nSPS) is 10.4. The Morgan fingerprint density at radius 2 is 2.05 bits per heavy atom. The Balaban J connectivity index is 2.04. The van der Waals surface area contributed by atoms with Gasteiger partial charge in [-0.15, -0.1) is 0 Å². The first-order chi connectivity index (χ1) is 9.54. The maximum absolute atomic E-state index is 12.0. The minimum Gasteiger partial charge on any atom is -0.368 e. The van der Waals surface area contributed by atoms with Gasteiger partial charge in [0.25, 0.3) is 5.91 Å². The van der Waals surface area contributed by atoms with Gasteiger partial charge in [-0.2, -0.15) is 0 Å². The number of aromatic nitrogens is 1. The Morgan fingerprint density at radius 1 is 1.25 bits per heavy atom. The van der Waals surface area contributed by atoms with Crippen molar-refractivity contribution in [3.8, 4) is 0 Å². The first-order valence-electron chi connectivity index (χ1n) is 6.34. The number of anilines is 2. The number of nitrogens with zero attached hydrogens (tertiary/aromatic N) is 1.